The standard InChI is InChI=1S/C18H13ClFNOS/c19-14-6-3-7-15(20)13(14)11-18(22)21-16-8-2-1-5-12(16)17-9-4-10-23-17/h1-10H,11H2,(H,21,22). The fourth-order valence-corrected chi connectivity index (χ4v) is 3.29. The molecule has 1 aromatic heterocycles. The molecule has 0 atom stereocenters. The van der Waals surface area contributed by atoms with Gasteiger partial charge < -0.3 is 5.32 Å². The van der Waals surface area contributed by atoms with Gasteiger partial charge in [0.25, 0.3) is 0 Å². The lowest BCUT2D eigenvalue weighted by Gasteiger charge is -2.11. The molecule has 1 N–H and O–H groups in total. The van der Waals surface area contributed by atoms with Crippen LogP contribution in [0.3, 0.4) is 0 Å². The molecular weight excluding hydrogens is 333 g/mol. The van der Waals surface area contributed by atoms with Gasteiger partial charge in [0.1, 0.15) is 5.82 Å². The molecule has 2 nitrogen and oxygen atoms in total. The summed E-state index contributed by atoms with van der Waals surface area (Å²) in [7, 11) is 0. The molecule has 1 heterocycles. The Hall–Kier alpha value is -2.17. The fraction of sp³-hybridized carbons (Fsp3) is 0.0556. The Morgan fingerprint density at radius 2 is 1.91 bits per heavy atom. The number of thiophene rings is 1. The maximum absolute atomic E-state index is 13.8. The minimum absolute atomic E-state index is 0.107. The fourth-order valence-electron chi connectivity index (χ4n) is 2.29. The molecule has 2 aromatic carbocycles. The molecule has 0 saturated carbocycles. The van der Waals surface area contributed by atoms with Crippen molar-refractivity contribution in [1.82, 2.24) is 0 Å². The molecule has 3 rings (SSSR count). The van der Waals surface area contributed by atoms with Crippen LogP contribution in [0.2, 0.25) is 5.02 Å². The van der Waals surface area contributed by atoms with Crippen LogP contribution in [0.1, 0.15) is 5.56 Å². The molecule has 0 radical (unpaired) electrons. The van der Waals surface area contributed by atoms with Crippen LogP contribution in [0.15, 0.2) is 60.0 Å². The normalized spacial score (nSPS) is 10.5. The highest BCUT2D eigenvalue weighted by molar-refractivity contribution is 7.13. The second kappa shape index (κ2) is 6.94. The number of carbonyl (C=O) groups excluding carboxylic acids is 1. The molecule has 0 unspecified atom stereocenters. The summed E-state index contributed by atoms with van der Waals surface area (Å²) >= 11 is 7.56. The number of anilines is 1. The van der Waals surface area contributed by atoms with E-state index in [4.69, 9.17) is 11.6 Å². The summed E-state index contributed by atoms with van der Waals surface area (Å²) < 4.78 is 13.8. The van der Waals surface area contributed by atoms with Gasteiger partial charge in [0, 0.05) is 26.7 Å². The second-order valence-corrected chi connectivity index (χ2v) is 6.30. The predicted molar refractivity (Wildman–Crippen MR) is 93.5 cm³/mol. The summed E-state index contributed by atoms with van der Waals surface area (Å²) in [6, 6.07) is 15.9. The molecule has 0 aliphatic heterocycles. The van der Waals surface area contributed by atoms with E-state index in [1.54, 1.807) is 17.4 Å². The lowest BCUT2D eigenvalue weighted by molar-refractivity contribution is -0.115. The molecule has 23 heavy (non-hydrogen) atoms. The Bertz CT molecular complexity index is 813. The van der Waals surface area contributed by atoms with Crippen LogP contribution in [-0.2, 0) is 11.2 Å². The summed E-state index contributed by atoms with van der Waals surface area (Å²) in [5, 5.41) is 5.08. The lowest BCUT2D eigenvalue weighted by atomic mass is 10.1. The van der Waals surface area contributed by atoms with E-state index in [-0.39, 0.29) is 22.9 Å². The van der Waals surface area contributed by atoms with E-state index >= 15 is 0 Å². The van der Waals surface area contributed by atoms with Crippen LogP contribution < -0.4 is 5.32 Å². The zero-order chi connectivity index (χ0) is 16.2. The first kappa shape index (κ1) is 15.7. The molecule has 0 bridgehead atoms. The molecule has 3 aromatic rings. The quantitative estimate of drug-likeness (QED) is 0.675. The van der Waals surface area contributed by atoms with Crippen molar-refractivity contribution in [3.63, 3.8) is 0 Å². The van der Waals surface area contributed by atoms with E-state index in [9.17, 15) is 9.18 Å². The molecule has 0 aliphatic rings. The summed E-state index contributed by atoms with van der Waals surface area (Å²) in [6.07, 6.45) is -0.107. The first-order chi connectivity index (χ1) is 11.1. The van der Waals surface area contributed by atoms with E-state index < -0.39 is 5.82 Å². The Kier molecular flexibility index (Phi) is 4.74. The Labute approximate surface area is 142 Å². The van der Waals surface area contributed by atoms with Crippen LogP contribution in [0, 0.1) is 5.82 Å². The molecule has 0 aliphatic carbocycles. The van der Waals surface area contributed by atoms with Crippen molar-refractivity contribution in [2.45, 2.75) is 6.42 Å². The maximum atomic E-state index is 13.8. The van der Waals surface area contributed by atoms with E-state index in [0.29, 0.717) is 5.69 Å². The number of hydrogen-bond donors (Lipinski definition) is 1. The monoisotopic (exact) mass is 345 g/mol. The van der Waals surface area contributed by atoms with Crippen LogP contribution in [0.5, 0.6) is 0 Å². The molecule has 0 spiro atoms. The summed E-state index contributed by atoms with van der Waals surface area (Å²) in [5.74, 6) is -0.778. The summed E-state index contributed by atoms with van der Waals surface area (Å²) in [6.45, 7) is 0. The van der Waals surface area contributed by atoms with Crippen LogP contribution in [-0.4, -0.2) is 5.91 Å². The van der Waals surface area contributed by atoms with Crippen molar-refractivity contribution in [2.75, 3.05) is 5.32 Å². The average molecular weight is 346 g/mol. The van der Waals surface area contributed by atoms with Gasteiger partial charge in [-0.25, -0.2) is 4.39 Å². The van der Waals surface area contributed by atoms with Gasteiger partial charge in [-0.05, 0) is 29.6 Å². The van der Waals surface area contributed by atoms with E-state index in [0.717, 1.165) is 10.4 Å². The average Bonchev–Trinajstić information content (AvgIpc) is 3.06. The van der Waals surface area contributed by atoms with Crippen LogP contribution >= 0.6 is 22.9 Å². The number of amides is 1. The smallest absolute Gasteiger partial charge is 0.228 e. The zero-order valence-corrected chi connectivity index (χ0v) is 13.6. The van der Waals surface area contributed by atoms with Crippen molar-refractivity contribution in [3.05, 3.63) is 76.4 Å². The van der Waals surface area contributed by atoms with Crippen molar-refractivity contribution in [2.24, 2.45) is 0 Å². The number of hydrogen-bond acceptors (Lipinski definition) is 2. The third-order valence-corrected chi connectivity index (χ3v) is 4.64. The number of para-hydroxylation sites is 1. The predicted octanol–water partition coefficient (Wildman–Crippen LogP) is 5.39. The minimum Gasteiger partial charge on any atom is -0.325 e. The van der Waals surface area contributed by atoms with Gasteiger partial charge in [-0.2, -0.15) is 0 Å². The highest BCUT2D eigenvalue weighted by Gasteiger charge is 2.14. The Morgan fingerprint density at radius 3 is 2.65 bits per heavy atom. The van der Waals surface area contributed by atoms with Gasteiger partial charge in [0.15, 0.2) is 0 Å². The maximum Gasteiger partial charge on any atom is 0.228 e. The number of halogens is 2. The molecule has 116 valence electrons. The Balaban J connectivity index is 1.82. The highest BCUT2D eigenvalue weighted by Crippen LogP contribution is 2.31. The van der Waals surface area contributed by atoms with Gasteiger partial charge in [-0.1, -0.05) is 41.9 Å². The number of carbonyl (C=O) groups is 1. The summed E-state index contributed by atoms with van der Waals surface area (Å²) in [4.78, 5) is 13.3. The van der Waals surface area contributed by atoms with Crippen molar-refractivity contribution in [3.8, 4) is 10.4 Å². The Morgan fingerprint density at radius 1 is 1.09 bits per heavy atom. The summed E-state index contributed by atoms with van der Waals surface area (Å²) in [5.41, 5.74) is 1.85. The highest BCUT2D eigenvalue weighted by atomic mass is 35.5. The van der Waals surface area contributed by atoms with Crippen molar-refractivity contribution in [1.29, 1.82) is 0 Å². The topological polar surface area (TPSA) is 29.1 Å². The van der Waals surface area contributed by atoms with E-state index in [1.807, 2.05) is 41.8 Å². The van der Waals surface area contributed by atoms with Crippen molar-refractivity contribution >= 4 is 34.5 Å². The molecule has 0 fully saturated rings. The third-order valence-electron chi connectivity index (χ3n) is 3.39. The van der Waals surface area contributed by atoms with Gasteiger partial charge >= 0.3 is 0 Å². The van der Waals surface area contributed by atoms with E-state index in [1.165, 1.54) is 12.1 Å². The first-order valence-electron chi connectivity index (χ1n) is 7.01. The number of benzene rings is 2. The largest absolute Gasteiger partial charge is 0.325 e. The molecule has 5 heteroatoms. The lowest BCUT2D eigenvalue weighted by Crippen LogP contribution is -2.16. The zero-order valence-electron chi connectivity index (χ0n) is 12.1. The third kappa shape index (κ3) is 3.60. The van der Waals surface area contributed by atoms with Gasteiger partial charge in [-0.3, -0.25) is 4.79 Å². The van der Waals surface area contributed by atoms with E-state index in [2.05, 4.69) is 5.32 Å². The molecule has 0 saturated heterocycles. The molecule has 1 amide bonds. The SMILES string of the molecule is O=C(Cc1c(F)cccc1Cl)Nc1ccccc1-c1cccs1. The van der Waals surface area contributed by atoms with Crippen LogP contribution in [0.25, 0.3) is 10.4 Å². The van der Waals surface area contributed by atoms with Gasteiger partial charge in [0.05, 0.1) is 6.42 Å². The first-order valence-corrected chi connectivity index (χ1v) is 8.26. The number of rotatable bonds is 4. The van der Waals surface area contributed by atoms with Gasteiger partial charge in [0.2, 0.25) is 5.91 Å². The van der Waals surface area contributed by atoms with Crippen LogP contribution in [0.4, 0.5) is 10.1 Å². The minimum atomic E-state index is -0.473. The second-order valence-electron chi connectivity index (χ2n) is 4.95. The van der Waals surface area contributed by atoms with Crippen molar-refractivity contribution < 1.29 is 9.18 Å². The molecular formula is C18H13ClFNOS. The number of nitrogens with one attached hydrogen (secondary N) is 1. The van der Waals surface area contributed by atoms with Gasteiger partial charge in [-0.15, -0.1) is 11.3 Å².